The zero-order valence-corrected chi connectivity index (χ0v) is 16.8. The first-order valence-corrected chi connectivity index (χ1v) is 9.91. The minimum absolute atomic E-state index is 0.203. The van der Waals surface area contributed by atoms with Gasteiger partial charge in [-0.25, -0.2) is 4.98 Å². The Kier molecular flexibility index (Phi) is 5.85. The fourth-order valence-corrected chi connectivity index (χ4v) is 4.29. The lowest BCUT2D eigenvalue weighted by Crippen LogP contribution is -2.37. The molecule has 138 valence electrons. The standard InChI is InChI=1S/C18H19Cl2N3O2S/c1-10-16(26-11(2)22-10)5-7-21-17(24)13-6-8-23(18(13)25)12-3-4-14(19)15(20)9-12/h3-4,9,13H,5-8H2,1-2H3,(H,21,24). The van der Waals surface area contributed by atoms with Crippen LogP contribution in [0, 0.1) is 19.8 Å². The van der Waals surface area contributed by atoms with Crippen LogP contribution >= 0.6 is 34.5 Å². The van der Waals surface area contributed by atoms with Crippen molar-refractivity contribution in [3.63, 3.8) is 0 Å². The number of hydrogen-bond donors (Lipinski definition) is 1. The van der Waals surface area contributed by atoms with E-state index in [-0.39, 0.29) is 11.8 Å². The molecule has 5 nitrogen and oxygen atoms in total. The lowest BCUT2D eigenvalue weighted by molar-refractivity contribution is -0.132. The maximum Gasteiger partial charge on any atom is 0.239 e. The molecular formula is C18H19Cl2N3O2S. The zero-order valence-electron chi connectivity index (χ0n) is 14.5. The SMILES string of the molecule is Cc1nc(C)c(CCNC(=O)C2CCN(c3ccc(Cl)c(Cl)c3)C2=O)s1. The lowest BCUT2D eigenvalue weighted by atomic mass is 10.1. The number of carbonyl (C=O) groups is 2. The van der Waals surface area contributed by atoms with Crippen molar-refractivity contribution >= 4 is 52.0 Å². The lowest BCUT2D eigenvalue weighted by Gasteiger charge is -2.17. The smallest absolute Gasteiger partial charge is 0.239 e. The fourth-order valence-electron chi connectivity index (χ4n) is 3.06. The van der Waals surface area contributed by atoms with Crippen LogP contribution < -0.4 is 10.2 Å². The number of aromatic nitrogens is 1. The highest BCUT2D eigenvalue weighted by Gasteiger charge is 2.37. The molecule has 2 amide bonds. The van der Waals surface area contributed by atoms with Crippen LogP contribution in [0.15, 0.2) is 18.2 Å². The highest BCUT2D eigenvalue weighted by Crippen LogP contribution is 2.31. The second-order valence-electron chi connectivity index (χ2n) is 6.21. The molecule has 1 saturated heterocycles. The van der Waals surface area contributed by atoms with Crippen LogP contribution in [0.3, 0.4) is 0 Å². The summed E-state index contributed by atoms with van der Waals surface area (Å²) in [5.74, 6) is -1.09. The number of amides is 2. The third-order valence-corrected chi connectivity index (χ3v) is 6.26. The Balaban J connectivity index is 1.58. The number of anilines is 1. The Bertz CT molecular complexity index is 853. The summed E-state index contributed by atoms with van der Waals surface area (Å²) in [5.41, 5.74) is 1.67. The molecule has 26 heavy (non-hydrogen) atoms. The van der Waals surface area contributed by atoms with Crippen molar-refractivity contribution in [2.75, 3.05) is 18.0 Å². The number of nitrogens with one attached hydrogen (secondary N) is 1. The van der Waals surface area contributed by atoms with Crippen molar-refractivity contribution in [3.05, 3.63) is 43.8 Å². The number of halogens is 2. The van der Waals surface area contributed by atoms with Crippen LogP contribution in [-0.4, -0.2) is 29.9 Å². The molecule has 0 aliphatic carbocycles. The molecule has 1 N–H and O–H groups in total. The van der Waals surface area contributed by atoms with Crippen LogP contribution in [0.4, 0.5) is 5.69 Å². The van der Waals surface area contributed by atoms with E-state index in [1.165, 1.54) is 0 Å². The molecule has 1 aromatic heterocycles. The molecule has 2 aromatic rings. The topological polar surface area (TPSA) is 62.3 Å². The zero-order chi connectivity index (χ0) is 18.8. The third-order valence-electron chi connectivity index (χ3n) is 4.39. The molecule has 0 radical (unpaired) electrons. The minimum Gasteiger partial charge on any atom is -0.355 e. The van der Waals surface area contributed by atoms with Crippen molar-refractivity contribution in [2.45, 2.75) is 26.7 Å². The van der Waals surface area contributed by atoms with Crippen molar-refractivity contribution in [1.29, 1.82) is 0 Å². The predicted octanol–water partition coefficient (Wildman–Crippen LogP) is 3.78. The first-order valence-electron chi connectivity index (χ1n) is 8.34. The van der Waals surface area contributed by atoms with Gasteiger partial charge in [-0.1, -0.05) is 23.2 Å². The van der Waals surface area contributed by atoms with E-state index in [0.717, 1.165) is 22.0 Å². The van der Waals surface area contributed by atoms with Gasteiger partial charge in [-0.15, -0.1) is 11.3 Å². The monoisotopic (exact) mass is 411 g/mol. The molecule has 3 rings (SSSR count). The van der Waals surface area contributed by atoms with Gasteiger partial charge in [0.2, 0.25) is 11.8 Å². The van der Waals surface area contributed by atoms with E-state index in [4.69, 9.17) is 23.2 Å². The van der Waals surface area contributed by atoms with Gasteiger partial charge in [0.15, 0.2) is 0 Å². The van der Waals surface area contributed by atoms with Gasteiger partial charge < -0.3 is 10.2 Å². The summed E-state index contributed by atoms with van der Waals surface area (Å²) in [6, 6.07) is 5.04. The molecule has 1 aliphatic rings. The Morgan fingerprint density at radius 2 is 2.12 bits per heavy atom. The van der Waals surface area contributed by atoms with Crippen molar-refractivity contribution < 1.29 is 9.59 Å². The van der Waals surface area contributed by atoms with Crippen molar-refractivity contribution in [3.8, 4) is 0 Å². The Morgan fingerprint density at radius 1 is 1.35 bits per heavy atom. The van der Waals surface area contributed by atoms with E-state index >= 15 is 0 Å². The molecule has 0 bridgehead atoms. The largest absolute Gasteiger partial charge is 0.355 e. The van der Waals surface area contributed by atoms with Gasteiger partial charge in [-0.2, -0.15) is 0 Å². The van der Waals surface area contributed by atoms with E-state index in [2.05, 4.69) is 10.3 Å². The number of nitrogens with zero attached hydrogens (tertiary/aromatic N) is 2. The number of thiazole rings is 1. The van der Waals surface area contributed by atoms with Gasteiger partial charge in [-0.05, 0) is 38.5 Å². The van der Waals surface area contributed by atoms with E-state index < -0.39 is 5.92 Å². The molecule has 1 unspecified atom stereocenters. The molecule has 1 aliphatic heterocycles. The maximum absolute atomic E-state index is 12.6. The van der Waals surface area contributed by atoms with Gasteiger partial charge in [0.05, 0.1) is 20.7 Å². The van der Waals surface area contributed by atoms with Gasteiger partial charge in [0, 0.05) is 30.1 Å². The maximum atomic E-state index is 12.6. The summed E-state index contributed by atoms with van der Waals surface area (Å²) in [7, 11) is 0. The predicted molar refractivity (Wildman–Crippen MR) is 105 cm³/mol. The van der Waals surface area contributed by atoms with Gasteiger partial charge in [0.1, 0.15) is 5.92 Å². The van der Waals surface area contributed by atoms with Gasteiger partial charge in [0.25, 0.3) is 0 Å². The van der Waals surface area contributed by atoms with E-state index in [9.17, 15) is 9.59 Å². The molecule has 1 fully saturated rings. The third kappa shape index (κ3) is 4.03. The molecule has 8 heteroatoms. The normalized spacial score (nSPS) is 17.0. The number of rotatable bonds is 5. The summed E-state index contributed by atoms with van der Waals surface area (Å²) >= 11 is 13.6. The fraction of sp³-hybridized carbons (Fsp3) is 0.389. The quantitative estimate of drug-likeness (QED) is 0.761. The summed E-state index contributed by atoms with van der Waals surface area (Å²) in [6.07, 6.45) is 1.21. The first kappa shape index (κ1) is 19.1. The molecule has 1 aromatic carbocycles. The number of carbonyl (C=O) groups excluding carboxylic acids is 2. The van der Waals surface area contributed by atoms with Crippen LogP contribution in [0.1, 0.15) is 22.0 Å². The van der Waals surface area contributed by atoms with E-state index in [1.54, 1.807) is 34.4 Å². The van der Waals surface area contributed by atoms with E-state index in [1.807, 2.05) is 13.8 Å². The summed E-state index contributed by atoms with van der Waals surface area (Å²) in [5, 5.41) is 4.72. The number of benzene rings is 1. The Morgan fingerprint density at radius 3 is 2.77 bits per heavy atom. The van der Waals surface area contributed by atoms with Gasteiger partial charge in [-0.3, -0.25) is 9.59 Å². The van der Waals surface area contributed by atoms with E-state index in [0.29, 0.717) is 35.2 Å². The summed E-state index contributed by atoms with van der Waals surface area (Å²) < 4.78 is 0. The van der Waals surface area contributed by atoms with Crippen LogP contribution in [-0.2, 0) is 16.0 Å². The second kappa shape index (κ2) is 7.94. The molecule has 0 saturated carbocycles. The van der Waals surface area contributed by atoms with Crippen molar-refractivity contribution in [2.24, 2.45) is 5.92 Å². The Labute approximate surface area is 166 Å². The highest BCUT2D eigenvalue weighted by molar-refractivity contribution is 7.11. The molecule has 2 heterocycles. The first-order chi connectivity index (χ1) is 12.4. The average molecular weight is 412 g/mol. The van der Waals surface area contributed by atoms with Crippen LogP contribution in [0.25, 0.3) is 0 Å². The summed E-state index contributed by atoms with van der Waals surface area (Å²) in [4.78, 5) is 32.2. The minimum atomic E-state index is -0.659. The second-order valence-corrected chi connectivity index (χ2v) is 8.31. The summed E-state index contributed by atoms with van der Waals surface area (Å²) in [6.45, 7) is 4.92. The molecular weight excluding hydrogens is 393 g/mol. The number of aryl methyl sites for hydroxylation is 2. The average Bonchev–Trinajstić information content (AvgIpc) is 3.12. The van der Waals surface area contributed by atoms with Crippen LogP contribution in [0.5, 0.6) is 0 Å². The van der Waals surface area contributed by atoms with Crippen LogP contribution in [0.2, 0.25) is 10.0 Å². The number of hydrogen-bond acceptors (Lipinski definition) is 4. The highest BCUT2D eigenvalue weighted by atomic mass is 35.5. The molecule has 1 atom stereocenters. The molecule has 0 spiro atoms. The van der Waals surface area contributed by atoms with Crippen molar-refractivity contribution in [1.82, 2.24) is 10.3 Å². The Hall–Kier alpha value is -1.63. The van der Waals surface area contributed by atoms with Gasteiger partial charge >= 0.3 is 0 Å².